The van der Waals surface area contributed by atoms with E-state index in [9.17, 15) is 4.79 Å². The Morgan fingerprint density at radius 2 is 1.48 bits per heavy atom. The van der Waals surface area contributed by atoms with Crippen LogP contribution in [0.4, 0.5) is 0 Å². The van der Waals surface area contributed by atoms with Crippen molar-refractivity contribution in [3.05, 3.63) is 0 Å². The van der Waals surface area contributed by atoms with Crippen molar-refractivity contribution in [2.45, 2.75) is 33.1 Å². The fourth-order valence-corrected chi connectivity index (χ4v) is 1.48. The van der Waals surface area contributed by atoms with Crippen LogP contribution in [0.5, 0.6) is 0 Å². The van der Waals surface area contributed by atoms with Crippen molar-refractivity contribution in [2.75, 3.05) is 59.3 Å². The van der Waals surface area contributed by atoms with E-state index in [-0.39, 0.29) is 5.97 Å². The maximum atomic E-state index is 11.0. The molecule has 0 spiro atoms. The van der Waals surface area contributed by atoms with Crippen molar-refractivity contribution in [3.63, 3.8) is 0 Å². The van der Waals surface area contributed by atoms with Gasteiger partial charge in [-0.15, -0.1) is 0 Å². The fraction of sp³-hybridized carbons (Fsp3) is 0.933. The quantitative estimate of drug-likeness (QED) is 0.343. The van der Waals surface area contributed by atoms with Crippen LogP contribution in [-0.2, 0) is 23.7 Å². The molecule has 0 radical (unpaired) electrons. The summed E-state index contributed by atoms with van der Waals surface area (Å²) < 4.78 is 20.9. The van der Waals surface area contributed by atoms with Gasteiger partial charge in [0.1, 0.15) is 0 Å². The van der Waals surface area contributed by atoms with E-state index in [1.165, 1.54) is 0 Å². The average molecular weight is 305 g/mol. The van der Waals surface area contributed by atoms with Crippen molar-refractivity contribution in [1.29, 1.82) is 0 Å². The third-order valence-electron chi connectivity index (χ3n) is 2.62. The van der Waals surface area contributed by atoms with Gasteiger partial charge in [-0.25, -0.2) is 0 Å². The molecule has 1 N–H and O–H groups in total. The number of hydrogen-bond acceptors (Lipinski definition) is 6. The summed E-state index contributed by atoms with van der Waals surface area (Å²) in [6.07, 6.45) is 2.66. The summed E-state index contributed by atoms with van der Waals surface area (Å²) in [5.41, 5.74) is 0. The molecule has 0 aliphatic heterocycles. The van der Waals surface area contributed by atoms with Crippen molar-refractivity contribution >= 4 is 5.97 Å². The van der Waals surface area contributed by atoms with Gasteiger partial charge in [-0.3, -0.25) is 4.79 Å². The molecule has 0 amide bonds. The second kappa shape index (κ2) is 17.4. The fourth-order valence-electron chi connectivity index (χ4n) is 1.48. The van der Waals surface area contributed by atoms with E-state index in [0.717, 1.165) is 26.0 Å². The Hall–Kier alpha value is -0.690. The van der Waals surface area contributed by atoms with Gasteiger partial charge in [0.25, 0.3) is 0 Å². The van der Waals surface area contributed by atoms with E-state index in [1.54, 1.807) is 6.92 Å². The van der Waals surface area contributed by atoms with Crippen LogP contribution in [0.3, 0.4) is 0 Å². The average Bonchev–Trinajstić information content (AvgIpc) is 2.48. The molecule has 6 heteroatoms. The molecule has 0 fully saturated rings. The van der Waals surface area contributed by atoms with E-state index in [4.69, 9.17) is 18.9 Å². The predicted octanol–water partition coefficient (Wildman–Crippen LogP) is 1.38. The van der Waals surface area contributed by atoms with Crippen molar-refractivity contribution in [1.82, 2.24) is 5.32 Å². The minimum absolute atomic E-state index is 0.166. The van der Waals surface area contributed by atoms with Crippen LogP contribution in [0.1, 0.15) is 33.1 Å². The first-order valence-corrected chi connectivity index (χ1v) is 7.90. The van der Waals surface area contributed by atoms with Crippen LogP contribution in [0, 0.1) is 0 Å². The van der Waals surface area contributed by atoms with Crippen molar-refractivity contribution in [3.8, 4) is 0 Å². The van der Waals surface area contributed by atoms with Crippen LogP contribution in [0.2, 0.25) is 0 Å². The molecule has 0 saturated carbocycles. The van der Waals surface area contributed by atoms with Crippen LogP contribution in [0.25, 0.3) is 0 Å². The first kappa shape index (κ1) is 20.3. The van der Waals surface area contributed by atoms with E-state index < -0.39 is 0 Å². The van der Waals surface area contributed by atoms with Gasteiger partial charge in [-0.2, -0.15) is 0 Å². The molecule has 0 bridgehead atoms. The minimum Gasteiger partial charge on any atom is -0.466 e. The number of rotatable bonds is 16. The topological polar surface area (TPSA) is 66.0 Å². The highest BCUT2D eigenvalue weighted by Gasteiger charge is 1.99. The maximum Gasteiger partial charge on any atom is 0.307 e. The molecule has 0 unspecified atom stereocenters. The Morgan fingerprint density at radius 3 is 2.10 bits per heavy atom. The first-order valence-electron chi connectivity index (χ1n) is 7.90. The number of ether oxygens (including phenoxy) is 4. The number of nitrogens with one attached hydrogen (secondary N) is 1. The monoisotopic (exact) mass is 305 g/mol. The molecule has 0 rings (SSSR count). The van der Waals surface area contributed by atoms with Crippen molar-refractivity contribution < 1.29 is 23.7 Å². The highest BCUT2D eigenvalue weighted by atomic mass is 16.5. The molecule has 6 nitrogen and oxygen atoms in total. The smallest absolute Gasteiger partial charge is 0.307 e. The lowest BCUT2D eigenvalue weighted by atomic mass is 10.4. The molecule has 0 atom stereocenters. The third-order valence-corrected chi connectivity index (χ3v) is 2.62. The Balaban J connectivity index is 3.01. The Kier molecular flexibility index (Phi) is 16.8. The molecule has 0 aliphatic rings. The summed E-state index contributed by atoms with van der Waals surface area (Å²) in [5.74, 6) is -0.166. The van der Waals surface area contributed by atoms with Gasteiger partial charge in [0.2, 0.25) is 0 Å². The number of carbonyl (C=O) groups is 1. The molecule has 0 heterocycles. The SMILES string of the molecule is CCCCOCCOCCOCCNCCC(=O)OCC. The van der Waals surface area contributed by atoms with Crippen LogP contribution >= 0.6 is 0 Å². The summed E-state index contributed by atoms with van der Waals surface area (Å²) in [7, 11) is 0. The lowest BCUT2D eigenvalue weighted by Gasteiger charge is -2.07. The molecular weight excluding hydrogens is 274 g/mol. The van der Waals surface area contributed by atoms with Gasteiger partial charge >= 0.3 is 5.97 Å². The van der Waals surface area contributed by atoms with Crippen LogP contribution in [0.15, 0.2) is 0 Å². The van der Waals surface area contributed by atoms with Gasteiger partial charge in [0.05, 0.1) is 46.1 Å². The largest absolute Gasteiger partial charge is 0.466 e. The highest BCUT2D eigenvalue weighted by Crippen LogP contribution is 1.88. The zero-order valence-electron chi connectivity index (χ0n) is 13.5. The van der Waals surface area contributed by atoms with Gasteiger partial charge in [-0.1, -0.05) is 13.3 Å². The van der Waals surface area contributed by atoms with Gasteiger partial charge in [0, 0.05) is 19.7 Å². The normalized spacial score (nSPS) is 10.8. The Morgan fingerprint density at radius 1 is 0.857 bits per heavy atom. The first-order chi connectivity index (χ1) is 10.3. The summed E-state index contributed by atoms with van der Waals surface area (Å²) in [6.45, 7) is 9.57. The number of esters is 1. The predicted molar refractivity (Wildman–Crippen MR) is 81.5 cm³/mol. The minimum atomic E-state index is -0.166. The molecule has 0 aromatic heterocycles. The molecular formula is C15H31NO5. The second-order valence-electron chi connectivity index (χ2n) is 4.50. The molecule has 0 aromatic carbocycles. The molecule has 21 heavy (non-hydrogen) atoms. The Bertz CT molecular complexity index is 226. The molecule has 0 aliphatic carbocycles. The molecule has 0 aromatic rings. The van der Waals surface area contributed by atoms with E-state index in [0.29, 0.717) is 52.6 Å². The zero-order chi connectivity index (χ0) is 15.6. The standard InChI is InChI=1S/C15H31NO5/c1-3-5-9-18-11-13-20-14-12-19-10-8-16-7-6-15(17)21-4-2/h16H,3-14H2,1-2H3. The summed E-state index contributed by atoms with van der Waals surface area (Å²) >= 11 is 0. The Labute approximate surface area is 128 Å². The number of carbonyl (C=O) groups excluding carboxylic acids is 1. The van der Waals surface area contributed by atoms with Crippen LogP contribution in [-0.4, -0.2) is 65.3 Å². The van der Waals surface area contributed by atoms with Crippen LogP contribution < -0.4 is 5.32 Å². The maximum absolute atomic E-state index is 11.0. The highest BCUT2D eigenvalue weighted by molar-refractivity contribution is 5.69. The number of hydrogen-bond donors (Lipinski definition) is 1. The summed E-state index contributed by atoms with van der Waals surface area (Å²) in [6, 6.07) is 0. The van der Waals surface area contributed by atoms with Gasteiger partial charge in [0.15, 0.2) is 0 Å². The molecule has 0 saturated heterocycles. The lowest BCUT2D eigenvalue weighted by Crippen LogP contribution is -2.24. The summed E-state index contributed by atoms with van der Waals surface area (Å²) in [4.78, 5) is 11.0. The molecule has 126 valence electrons. The van der Waals surface area contributed by atoms with Crippen molar-refractivity contribution in [2.24, 2.45) is 0 Å². The second-order valence-corrected chi connectivity index (χ2v) is 4.50. The third kappa shape index (κ3) is 17.3. The van der Waals surface area contributed by atoms with Gasteiger partial charge < -0.3 is 24.3 Å². The number of unbranched alkanes of at least 4 members (excludes halogenated alkanes) is 1. The van der Waals surface area contributed by atoms with E-state index in [1.807, 2.05) is 0 Å². The van der Waals surface area contributed by atoms with E-state index in [2.05, 4.69) is 12.2 Å². The van der Waals surface area contributed by atoms with E-state index >= 15 is 0 Å². The summed E-state index contributed by atoms with van der Waals surface area (Å²) in [5, 5.41) is 3.12. The zero-order valence-corrected chi connectivity index (χ0v) is 13.5. The van der Waals surface area contributed by atoms with Gasteiger partial charge in [-0.05, 0) is 13.3 Å². The lowest BCUT2D eigenvalue weighted by molar-refractivity contribution is -0.142.